The Hall–Kier alpha value is -4.30. The van der Waals surface area contributed by atoms with Crippen LogP contribution in [0.3, 0.4) is 0 Å². The number of pyridine rings is 1. The van der Waals surface area contributed by atoms with Gasteiger partial charge in [0.25, 0.3) is 10.1 Å². The van der Waals surface area contributed by atoms with Crippen LogP contribution in [0.5, 0.6) is 0 Å². The maximum Gasteiger partial charge on any atom is 0.410 e. The lowest BCUT2D eigenvalue weighted by Gasteiger charge is -2.27. The van der Waals surface area contributed by atoms with Crippen LogP contribution < -0.4 is 10.6 Å². The molecule has 2 aromatic heterocycles. The highest BCUT2D eigenvalue weighted by molar-refractivity contribution is 7.85. The summed E-state index contributed by atoms with van der Waals surface area (Å²) < 4.78 is 38.3. The molecule has 0 spiro atoms. The normalized spacial score (nSPS) is 11.9. The maximum atomic E-state index is 12.9. The van der Waals surface area contributed by atoms with Crippen molar-refractivity contribution in [2.75, 3.05) is 24.7 Å². The van der Waals surface area contributed by atoms with E-state index in [1.54, 1.807) is 78.3 Å². The smallest absolute Gasteiger partial charge is 0.410 e. The zero-order chi connectivity index (χ0) is 32.5. The number of carbonyl (C=O) groups excluding carboxylic acids is 2. The molecule has 13 nitrogen and oxygen atoms in total. The third kappa shape index (κ3) is 12.5. The second-order valence-electron chi connectivity index (χ2n) is 11.9. The van der Waals surface area contributed by atoms with E-state index < -0.39 is 33.5 Å². The molecule has 3 rings (SSSR count). The van der Waals surface area contributed by atoms with Gasteiger partial charge in [0.05, 0.1) is 19.4 Å². The van der Waals surface area contributed by atoms with Crippen LogP contribution in [-0.4, -0.2) is 71.0 Å². The minimum atomic E-state index is -3.55. The van der Waals surface area contributed by atoms with Gasteiger partial charge in [-0.15, -0.1) is 0 Å². The van der Waals surface area contributed by atoms with Gasteiger partial charge in [0.1, 0.15) is 22.8 Å². The van der Waals surface area contributed by atoms with Gasteiger partial charge in [0.15, 0.2) is 0 Å². The summed E-state index contributed by atoms with van der Waals surface area (Å²) in [6, 6.07) is 10.8. The first kappa shape index (κ1) is 34.2. The molecule has 0 radical (unpaired) electrons. The average molecular weight is 629 g/mol. The lowest BCUT2D eigenvalue weighted by Crippen LogP contribution is -2.42. The van der Waals surface area contributed by atoms with Crippen molar-refractivity contribution in [2.24, 2.45) is 0 Å². The fourth-order valence-electron chi connectivity index (χ4n) is 3.66. The van der Waals surface area contributed by atoms with E-state index in [-0.39, 0.29) is 26.2 Å². The second kappa shape index (κ2) is 14.4. The van der Waals surface area contributed by atoms with Crippen molar-refractivity contribution in [3.05, 3.63) is 66.4 Å². The predicted octanol–water partition coefficient (Wildman–Crippen LogP) is 5.02. The molecule has 0 bridgehead atoms. The highest BCUT2D eigenvalue weighted by atomic mass is 32.2. The second-order valence-corrected chi connectivity index (χ2v) is 13.6. The van der Waals surface area contributed by atoms with Crippen molar-refractivity contribution < 1.29 is 31.7 Å². The Kier molecular flexibility index (Phi) is 11.2. The molecule has 44 heavy (non-hydrogen) atoms. The summed E-state index contributed by atoms with van der Waals surface area (Å²) in [5, 5.41) is 5.85. The molecule has 2 heterocycles. The molecule has 14 heteroatoms. The van der Waals surface area contributed by atoms with Crippen molar-refractivity contribution in [3.63, 3.8) is 0 Å². The number of hydrogen-bond donors (Lipinski definition) is 2. The summed E-state index contributed by atoms with van der Waals surface area (Å²) in [5.74, 6) is 0.943. The van der Waals surface area contributed by atoms with Crippen LogP contribution in [0.2, 0.25) is 0 Å². The van der Waals surface area contributed by atoms with Crippen molar-refractivity contribution in [3.8, 4) is 11.1 Å². The molecule has 238 valence electrons. The molecule has 2 amide bonds. The number of nitrogens with one attached hydrogen (secondary N) is 2. The first-order valence-corrected chi connectivity index (χ1v) is 15.7. The number of amides is 2. The van der Waals surface area contributed by atoms with Gasteiger partial charge in [0, 0.05) is 42.9 Å². The number of rotatable bonds is 11. The van der Waals surface area contributed by atoms with Crippen molar-refractivity contribution in [1.82, 2.24) is 25.2 Å². The summed E-state index contributed by atoms with van der Waals surface area (Å²) in [6.45, 7) is 10.9. The number of nitrogens with zero attached hydrogens (tertiary/aromatic N) is 4. The Morgan fingerprint density at radius 1 is 0.909 bits per heavy atom. The molecular weight excluding hydrogens is 588 g/mol. The first-order valence-electron chi connectivity index (χ1n) is 13.9. The van der Waals surface area contributed by atoms with Crippen LogP contribution >= 0.6 is 0 Å². The summed E-state index contributed by atoms with van der Waals surface area (Å²) >= 11 is 0. The summed E-state index contributed by atoms with van der Waals surface area (Å²) in [7, 11) is -3.55. The Bertz CT molecular complexity index is 1530. The third-order valence-corrected chi connectivity index (χ3v) is 6.02. The Labute approximate surface area is 258 Å². The molecule has 0 aliphatic carbocycles. The summed E-state index contributed by atoms with van der Waals surface area (Å²) in [5.41, 5.74) is 1.57. The minimum Gasteiger partial charge on any atom is -0.444 e. The standard InChI is InChI=1S/C30H40N6O7S/c1-29(2,3)42-27(37)32-13-14-36(28(38)43-30(4,5)6)19-26-33-17-23(18-34-26)22-11-12-31-25(16-22)35-24-10-8-9-21(15-24)20-41-44(7,39)40/h8-12,15-18H,13-14,19-20H2,1-7H3,(H,31,35)(H,32,37). The summed E-state index contributed by atoms with van der Waals surface area (Å²) in [4.78, 5) is 39.6. The van der Waals surface area contributed by atoms with E-state index >= 15 is 0 Å². The monoisotopic (exact) mass is 628 g/mol. The Morgan fingerprint density at radius 3 is 2.23 bits per heavy atom. The molecule has 2 N–H and O–H groups in total. The van der Waals surface area contributed by atoms with Crippen LogP contribution in [0.4, 0.5) is 21.1 Å². The number of alkyl carbamates (subject to hydrolysis) is 1. The lowest BCUT2D eigenvalue weighted by molar-refractivity contribution is 0.0219. The van der Waals surface area contributed by atoms with Crippen LogP contribution in [0.15, 0.2) is 55.0 Å². The molecular formula is C30H40N6O7S. The maximum absolute atomic E-state index is 12.9. The van der Waals surface area contributed by atoms with E-state index in [9.17, 15) is 18.0 Å². The number of aromatic nitrogens is 3. The molecule has 0 aliphatic rings. The number of benzene rings is 1. The fraction of sp³-hybridized carbons (Fsp3) is 0.433. The van der Waals surface area contributed by atoms with Gasteiger partial charge in [0.2, 0.25) is 0 Å². The highest BCUT2D eigenvalue weighted by Gasteiger charge is 2.24. The first-order chi connectivity index (χ1) is 20.5. The molecule has 0 atom stereocenters. The lowest BCUT2D eigenvalue weighted by atomic mass is 10.1. The number of carbonyl (C=O) groups is 2. The van der Waals surface area contributed by atoms with E-state index in [2.05, 4.69) is 25.6 Å². The number of ether oxygens (including phenoxy) is 2. The average Bonchev–Trinajstić information content (AvgIpc) is 2.90. The molecule has 0 saturated carbocycles. The number of hydrogen-bond acceptors (Lipinski definition) is 11. The van der Waals surface area contributed by atoms with Crippen LogP contribution in [0.25, 0.3) is 11.1 Å². The van der Waals surface area contributed by atoms with Crippen molar-refractivity contribution in [1.29, 1.82) is 0 Å². The van der Waals surface area contributed by atoms with Gasteiger partial charge in [-0.25, -0.2) is 24.5 Å². The Morgan fingerprint density at radius 2 is 1.59 bits per heavy atom. The fourth-order valence-corrected chi connectivity index (χ4v) is 4.02. The van der Waals surface area contributed by atoms with Gasteiger partial charge in [-0.05, 0) is 76.9 Å². The molecule has 1 aromatic carbocycles. The van der Waals surface area contributed by atoms with E-state index in [1.165, 1.54) is 4.90 Å². The number of anilines is 2. The van der Waals surface area contributed by atoms with Crippen LogP contribution in [0.1, 0.15) is 52.9 Å². The van der Waals surface area contributed by atoms with Crippen molar-refractivity contribution in [2.45, 2.75) is 65.9 Å². The molecule has 0 aliphatic heterocycles. The quantitative estimate of drug-likeness (QED) is 0.274. The van der Waals surface area contributed by atoms with Gasteiger partial charge < -0.3 is 20.1 Å². The van der Waals surface area contributed by atoms with E-state index in [0.717, 1.165) is 17.4 Å². The zero-order valence-corrected chi connectivity index (χ0v) is 26.9. The third-order valence-electron chi connectivity index (χ3n) is 5.47. The molecule has 0 fully saturated rings. The van der Waals surface area contributed by atoms with Gasteiger partial charge in [-0.1, -0.05) is 12.1 Å². The van der Waals surface area contributed by atoms with Crippen molar-refractivity contribution >= 4 is 33.8 Å². The SMILES string of the molecule is CC(C)(C)OC(=O)NCCN(Cc1ncc(-c2ccnc(Nc3cccc(COS(C)(=O)=O)c3)c2)cn1)C(=O)OC(C)(C)C. The Balaban J connectivity index is 1.68. The summed E-state index contributed by atoms with van der Waals surface area (Å²) in [6.07, 6.45) is 4.80. The van der Waals surface area contributed by atoms with E-state index in [4.69, 9.17) is 13.7 Å². The van der Waals surface area contributed by atoms with Gasteiger partial charge in [-0.2, -0.15) is 8.42 Å². The van der Waals surface area contributed by atoms with Gasteiger partial charge >= 0.3 is 12.2 Å². The topological polar surface area (TPSA) is 162 Å². The molecule has 0 saturated heterocycles. The van der Waals surface area contributed by atoms with E-state index in [0.29, 0.717) is 22.9 Å². The van der Waals surface area contributed by atoms with Gasteiger partial charge in [-0.3, -0.25) is 9.08 Å². The predicted molar refractivity (Wildman–Crippen MR) is 166 cm³/mol. The zero-order valence-electron chi connectivity index (χ0n) is 26.1. The minimum absolute atomic E-state index is 0.0632. The van der Waals surface area contributed by atoms with E-state index in [1.807, 2.05) is 18.2 Å². The molecule has 3 aromatic rings. The highest BCUT2D eigenvalue weighted by Crippen LogP contribution is 2.23. The van der Waals surface area contributed by atoms with Crippen LogP contribution in [0, 0.1) is 0 Å². The molecule has 0 unspecified atom stereocenters. The largest absolute Gasteiger partial charge is 0.444 e. The van der Waals surface area contributed by atoms with Crippen LogP contribution in [-0.2, 0) is 36.9 Å².